The van der Waals surface area contributed by atoms with E-state index in [1.165, 1.54) is 0 Å². The molecule has 0 bridgehead atoms. The number of aryl methyl sites for hydroxylation is 1. The summed E-state index contributed by atoms with van der Waals surface area (Å²) >= 11 is 0. The van der Waals surface area contributed by atoms with Crippen molar-refractivity contribution in [3.8, 4) is 0 Å². The Balaban J connectivity index is 2.72. The summed E-state index contributed by atoms with van der Waals surface area (Å²) in [6.07, 6.45) is 1.98. The predicted octanol–water partition coefficient (Wildman–Crippen LogP) is 3.12. The van der Waals surface area contributed by atoms with Gasteiger partial charge in [-0.2, -0.15) is 0 Å². The molecular formula is C9H8N4. The van der Waals surface area contributed by atoms with E-state index in [-0.39, 0.29) is 0 Å². The highest BCUT2D eigenvalue weighted by atomic mass is 15.1. The van der Waals surface area contributed by atoms with Crippen molar-refractivity contribution >= 4 is 16.6 Å². The largest absolute Gasteiger partial charge is 0.351 e. The predicted molar refractivity (Wildman–Crippen MR) is 51.7 cm³/mol. The topological polar surface area (TPSA) is 53.7 Å². The molecule has 0 aliphatic rings. The Kier molecular flexibility index (Phi) is 1.69. The molecule has 0 saturated heterocycles. The van der Waals surface area contributed by atoms with Crippen LogP contribution in [0, 0.1) is 0 Å². The molecule has 2 rings (SSSR count). The lowest BCUT2D eigenvalue weighted by molar-refractivity contribution is 0.969. The number of azide groups is 1. The quantitative estimate of drug-likeness (QED) is 0.360. The van der Waals surface area contributed by atoms with Gasteiger partial charge in [-0.1, -0.05) is 17.2 Å². The van der Waals surface area contributed by atoms with Crippen molar-refractivity contribution in [1.82, 2.24) is 4.57 Å². The Morgan fingerprint density at radius 1 is 1.38 bits per heavy atom. The standard InChI is InChI=1S/C9H8N4/c1-13-5-4-7-2-3-8(11-12-10)6-9(7)13/h2-6H,1H3. The normalized spacial score (nSPS) is 9.92. The monoisotopic (exact) mass is 172 g/mol. The van der Waals surface area contributed by atoms with Crippen LogP contribution in [-0.4, -0.2) is 4.57 Å². The van der Waals surface area contributed by atoms with Gasteiger partial charge in [0.2, 0.25) is 0 Å². The summed E-state index contributed by atoms with van der Waals surface area (Å²) in [7, 11) is 1.96. The molecule has 4 nitrogen and oxygen atoms in total. The molecular weight excluding hydrogens is 164 g/mol. The molecule has 0 amide bonds. The molecule has 0 spiro atoms. The van der Waals surface area contributed by atoms with Crippen molar-refractivity contribution in [3.63, 3.8) is 0 Å². The zero-order valence-corrected chi connectivity index (χ0v) is 7.18. The first kappa shape index (κ1) is 7.71. The van der Waals surface area contributed by atoms with Crippen LogP contribution in [-0.2, 0) is 7.05 Å². The molecule has 0 fully saturated rings. The van der Waals surface area contributed by atoms with E-state index in [1.807, 2.05) is 42.1 Å². The number of hydrogen-bond donors (Lipinski definition) is 0. The van der Waals surface area contributed by atoms with Crippen LogP contribution in [0.4, 0.5) is 5.69 Å². The number of nitrogens with zero attached hydrogens (tertiary/aromatic N) is 4. The molecule has 13 heavy (non-hydrogen) atoms. The average molecular weight is 172 g/mol. The van der Waals surface area contributed by atoms with Crippen molar-refractivity contribution in [1.29, 1.82) is 0 Å². The van der Waals surface area contributed by atoms with Gasteiger partial charge in [0, 0.05) is 29.4 Å². The Morgan fingerprint density at radius 3 is 3.00 bits per heavy atom. The highest BCUT2D eigenvalue weighted by Gasteiger charge is 1.97. The van der Waals surface area contributed by atoms with Gasteiger partial charge in [0.1, 0.15) is 0 Å². The van der Waals surface area contributed by atoms with E-state index in [0.717, 1.165) is 10.9 Å². The fourth-order valence-corrected chi connectivity index (χ4v) is 1.36. The van der Waals surface area contributed by atoms with Crippen LogP contribution in [0.25, 0.3) is 21.3 Å². The van der Waals surface area contributed by atoms with Crippen LogP contribution < -0.4 is 0 Å². The lowest BCUT2D eigenvalue weighted by atomic mass is 10.2. The molecule has 0 aliphatic carbocycles. The number of rotatable bonds is 1. The average Bonchev–Trinajstić information content (AvgIpc) is 2.49. The van der Waals surface area contributed by atoms with E-state index >= 15 is 0 Å². The van der Waals surface area contributed by atoms with Gasteiger partial charge in [0.15, 0.2) is 0 Å². The van der Waals surface area contributed by atoms with Crippen LogP contribution >= 0.6 is 0 Å². The summed E-state index contributed by atoms with van der Waals surface area (Å²) in [5, 5.41) is 4.70. The second kappa shape index (κ2) is 2.84. The van der Waals surface area contributed by atoms with Crippen molar-refractivity contribution in [2.45, 2.75) is 0 Å². The van der Waals surface area contributed by atoms with Gasteiger partial charge in [0.05, 0.1) is 0 Å². The van der Waals surface area contributed by atoms with Gasteiger partial charge in [-0.3, -0.25) is 0 Å². The molecule has 1 aromatic heterocycles. The molecule has 0 atom stereocenters. The van der Waals surface area contributed by atoms with Crippen LogP contribution in [0.2, 0.25) is 0 Å². The van der Waals surface area contributed by atoms with Crippen LogP contribution in [0.1, 0.15) is 0 Å². The molecule has 0 aliphatic heterocycles. The van der Waals surface area contributed by atoms with Crippen molar-refractivity contribution in [2.75, 3.05) is 0 Å². The van der Waals surface area contributed by atoms with E-state index in [1.54, 1.807) is 0 Å². The minimum absolute atomic E-state index is 0.650. The Hall–Kier alpha value is -1.93. The Labute approximate surface area is 75.0 Å². The maximum Gasteiger partial charge on any atom is 0.0482 e. The molecule has 64 valence electrons. The van der Waals surface area contributed by atoms with Gasteiger partial charge in [-0.05, 0) is 23.1 Å². The fraction of sp³-hybridized carbons (Fsp3) is 0.111. The zero-order valence-electron chi connectivity index (χ0n) is 7.18. The summed E-state index contributed by atoms with van der Waals surface area (Å²) < 4.78 is 1.99. The molecule has 2 aromatic rings. The Bertz CT molecular complexity index is 491. The first-order valence-corrected chi connectivity index (χ1v) is 3.91. The maximum atomic E-state index is 8.26. The number of benzene rings is 1. The van der Waals surface area contributed by atoms with Gasteiger partial charge in [0.25, 0.3) is 0 Å². The SMILES string of the molecule is Cn1ccc2ccc(N=[N+]=[N-])cc21. The third kappa shape index (κ3) is 1.23. The lowest BCUT2D eigenvalue weighted by Gasteiger charge is -1.96. The molecule has 1 aromatic carbocycles. The first-order valence-electron chi connectivity index (χ1n) is 3.91. The summed E-state index contributed by atoms with van der Waals surface area (Å²) in [4.78, 5) is 2.74. The first-order chi connectivity index (χ1) is 6.31. The summed E-state index contributed by atoms with van der Waals surface area (Å²) in [6.45, 7) is 0. The van der Waals surface area contributed by atoms with Crippen LogP contribution in [0.5, 0.6) is 0 Å². The van der Waals surface area contributed by atoms with Gasteiger partial charge in [-0.25, -0.2) is 0 Å². The number of fused-ring (bicyclic) bond motifs is 1. The molecule has 1 heterocycles. The summed E-state index contributed by atoms with van der Waals surface area (Å²) in [5.74, 6) is 0. The molecule has 0 N–H and O–H groups in total. The summed E-state index contributed by atoms with van der Waals surface area (Å²) in [5.41, 5.74) is 9.99. The second-order valence-corrected chi connectivity index (χ2v) is 2.86. The minimum Gasteiger partial charge on any atom is -0.351 e. The third-order valence-corrected chi connectivity index (χ3v) is 2.03. The molecule has 0 saturated carbocycles. The van der Waals surface area contributed by atoms with Gasteiger partial charge in [-0.15, -0.1) is 0 Å². The van der Waals surface area contributed by atoms with E-state index in [2.05, 4.69) is 10.0 Å². The van der Waals surface area contributed by atoms with Gasteiger partial charge >= 0.3 is 0 Å². The summed E-state index contributed by atoms with van der Waals surface area (Å²) in [6, 6.07) is 7.64. The zero-order chi connectivity index (χ0) is 9.26. The molecule has 4 heteroatoms. The fourth-order valence-electron chi connectivity index (χ4n) is 1.36. The van der Waals surface area contributed by atoms with Crippen molar-refractivity contribution in [2.24, 2.45) is 12.2 Å². The Morgan fingerprint density at radius 2 is 2.23 bits per heavy atom. The smallest absolute Gasteiger partial charge is 0.0482 e. The molecule has 0 radical (unpaired) electrons. The lowest BCUT2D eigenvalue weighted by Crippen LogP contribution is -1.82. The van der Waals surface area contributed by atoms with Crippen LogP contribution in [0.3, 0.4) is 0 Å². The van der Waals surface area contributed by atoms with E-state index in [4.69, 9.17) is 5.53 Å². The van der Waals surface area contributed by atoms with E-state index < -0.39 is 0 Å². The highest BCUT2D eigenvalue weighted by Crippen LogP contribution is 2.21. The maximum absolute atomic E-state index is 8.26. The van der Waals surface area contributed by atoms with E-state index in [0.29, 0.717) is 5.69 Å². The van der Waals surface area contributed by atoms with Crippen molar-refractivity contribution < 1.29 is 0 Å². The molecule has 0 unspecified atom stereocenters. The minimum atomic E-state index is 0.650. The second-order valence-electron chi connectivity index (χ2n) is 2.86. The highest BCUT2D eigenvalue weighted by molar-refractivity contribution is 5.82. The number of hydrogen-bond acceptors (Lipinski definition) is 1. The number of aromatic nitrogens is 1. The van der Waals surface area contributed by atoms with Crippen molar-refractivity contribution in [3.05, 3.63) is 40.9 Å². The third-order valence-electron chi connectivity index (χ3n) is 2.03. The van der Waals surface area contributed by atoms with Gasteiger partial charge < -0.3 is 4.57 Å². The van der Waals surface area contributed by atoms with E-state index in [9.17, 15) is 0 Å². The van der Waals surface area contributed by atoms with Crippen LogP contribution in [0.15, 0.2) is 35.6 Å².